The zero-order valence-electron chi connectivity index (χ0n) is 10.9. The molecule has 1 aromatic heterocycles. The number of hydrogen-bond acceptors (Lipinski definition) is 5. The maximum absolute atomic E-state index is 13.1. The third-order valence-electron chi connectivity index (χ3n) is 3.38. The molecule has 0 aliphatic carbocycles. The molecule has 0 saturated carbocycles. The molecule has 106 valence electrons. The van der Waals surface area contributed by atoms with Crippen LogP contribution in [-0.2, 0) is 6.61 Å². The van der Waals surface area contributed by atoms with Gasteiger partial charge in [-0.2, -0.15) is 0 Å². The normalized spacial score (nSPS) is 17.5. The fraction of sp³-hybridized carbons (Fsp3) is 0.615. The summed E-state index contributed by atoms with van der Waals surface area (Å²) in [6.45, 7) is 4.00. The molecule has 0 unspecified atom stereocenters. The summed E-state index contributed by atoms with van der Waals surface area (Å²) in [5.74, 6) is 0.235. The fourth-order valence-electron chi connectivity index (χ4n) is 2.42. The third-order valence-corrected chi connectivity index (χ3v) is 3.38. The molecule has 0 spiro atoms. The molecule has 0 atom stereocenters. The minimum absolute atomic E-state index is 0.163. The number of hydrogen-bond donors (Lipinski definition) is 2. The molecule has 0 aromatic carbocycles. The molecule has 0 radical (unpaired) electrons. The van der Waals surface area contributed by atoms with E-state index < -0.39 is 5.82 Å². The van der Waals surface area contributed by atoms with Crippen molar-refractivity contribution >= 4 is 5.82 Å². The van der Waals surface area contributed by atoms with Crippen molar-refractivity contribution in [2.45, 2.75) is 13.0 Å². The van der Waals surface area contributed by atoms with Gasteiger partial charge >= 0.3 is 0 Å². The van der Waals surface area contributed by atoms with Crippen molar-refractivity contribution in [2.24, 2.45) is 0 Å². The van der Waals surface area contributed by atoms with Crippen molar-refractivity contribution in [3.8, 4) is 0 Å². The van der Waals surface area contributed by atoms with Gasteiger partial charge in [-0.1, -0.05) is 0 Å². The Kier molecular flexibility index (Phi) is 5.07. The lowest BCUT2D eigenvalue weighted by molar-refractivity contribution is 0.204. The highest BCUT2D eigenvalue weighted by Crippen LogP contribution is 2.20. The van der Waals surface area contributed by atoms with Gasteiger partial charge in [0.25, 0.3) is 0 Å². The Labute approximate surface area is 112 Å². The summed E-state index contributed by atoms with van der Waals surface area (Å²) in [4.78, 5) is 8.38. The molecule has 0 bridgehead atoms. The SMILES string of the molecule is OCCN1CCCN(c2ncc(F)cc2CO)CC1. The number of pyridine rings is 1. The topological polar surface area (TPSA) is 59.8 Å². The minimum Gasteiger partial charge on any atom is -0.395 e. The van der Waals surface area contributed by atoms with E-state index in [9.17, 15) is 9.50 Å². The van der Waals surface area contributed by atoms with Crippen LogP contribution in [0.15, 0.2) is 12.3 Å². The van der Waals surface area contributed by atoms with Crippen LogP contribution in [0.5, 0.6) is 0 Å². The molecule has 1 saturated heterocycles. The lowest BCUT2D eigenvalue weighted by Gasteiger charge is -2.24. The van der Waals surface area contributed by atoms with Gasteiger partial charge in [0.2, 0.25) is 0 Å². The van der Waals surface area contributed by atoms with E-state index in [1.165, 1.54) is 12.3 Å². The Balaban J connectivity index is 2.09. The van der Waals surface area contributed by atoms with Gasteiger partial charge in [0.1, 0.15) is 11.6 Å². The Bertz CT molecular complexity index is 417. The maximum Gasteiger partial charge on any atom is 0.142 e. The Morgan fingerprint density at radius 3 is 2.79 bits per heavy atom. The first-order chi connectivity index (χ1) is 9.24. The predicted molar refractivity (Wildman–Crippen MR) is 70.5 cm³/mol. The molecule has 2 N–H and O–H groups in total. The number of β-amino-alcohol motifs (C(OH)–C–C–N with tert-alkyl or cyclic N) is 1. The first-order valence-corrected chi connectivity index (χ1v) is 6.58. The summed E-state index contributed by atoms with van der Waals surface area (Å²) in [6.07, 6.45) is 2.15. The molecule has 1 aromatic rings. The fourth-order valence-corrected chi connectivity index (χ4v) is 2.42. The minimum atomic E-state index is -0.426. The first kappa shape index (κ1) is 14.2. The molecule has 1 fully saturated rings. The molecular weight excluding hydrogens is 249 g/mol. The van der Waals surface area contributed by atoms with E-state index in [1.54, 1.807) is 0 Å². The standard InChI is InChI=1S/C13H20FN3O2/c14-12-8-11(10-19)13(15-9-12)17-3-1-2-16(4-5-17)6-7-18/h8-9,18-19H,1-7,10H2. The van der Waals surface area contributed by atoms with Crippen LogP contribution in [0.2, 0.25) is 0 Å². The lowest BCUT2D eigenvalue weighted by atomic mass is 10.2. The molecular formula is C13H20FN3O2. The summed E-state index contributed by atoms with van der Waals surface area (Å²) in [5, 5.41) is 18.3. The average molecular weight is 269 g/mol. The average Bonchev–Trinajstić information content (AvgIpc) is 2.65. The number of rotatable bonds is 4. The van der Waals surface area contributed by atoms with Crippen LogP contribution in [0.25, 0.3) is 0 Å². The molecule has 1 aliphatic rings. The second-order valence-corrected chi connectivity index (χ2v) is 4.70. The monoisotopic (exact) mass is 269 g/mol. The lowest BCUT2D eigenvalue weighted by Crippen LogP contribution is -2.33. The van der Waals surface area contributed by atoms with Crippen LogP contribution in [0.1, 0.15) is 12.0 Å². The van der Waals surface area contributed by atoms with E-state index in [2.05, 4.69) is 14.8 Å². The summed E-state index contributed by atoms with van der Waals surface area (Å²) in [5.41, 5.74) is 0.524. The van der Waals surface area contributed by atoms with Gasteiger partial charge in [-0.05, 0) is 19.0 Å². The molecule has 2 heterocycles. The summed E-state index contributed by atoms with van der Waals surface area (Å²) >= 11 is 0. The van der Waals surface area contributed by atoms with Crippen molar-refractivity contribution in [1.82, 2.24) is 9.88 Å². The smallest absolute Gasteiger partial charge is 0.142 e. The van der Waals surface area contributed by atoms with Crippen molar-refractivity contribution in [1.29, 1.82) is 0 Å². The highest BCUT2D eigenvalue weighted by Gasteiger charge is 2.18. The first-order valence-electron chi connectivity index (χ1n) is 6.58. The summed E-state index contributed by atoms with van der Waals surface area (Å²) in [7, 11) is 0. The Hall–Kier alpha value is -1.24. The largest absolute Gasteiger partial charge is 0.395 e. The quantitative estimate of drug-likeness (QED) is 0.819. The molecule has 6 heteroatoms. The van der Waals surface area contributed by atoms with E-state index in [0.717, 1.165) is 32.6 Å². The van der Waals surface area contributed by atoms with E-state index >= 15 is 0 Å². The van der Waals surface area contributed by atoms with Gasteiger partial charge in [0.15, 0.2) is 0 Å². The van der Waals surface area contributed by atoms with Gasteiger partial charge in [-0.3, -0.25) is 4.90 Å². The Morgan fingerprint density at radius 2 is 2.05 bits per heavy atom. The number of nitrogens with zero attached hydrogens (tertiary/aromatic N) is 3. The van der Waals surface area contributed by atoms with Crippen molar-refractivity contribution in [3.63, 3.8) is 0 Å². The van der Waals surface area contributed by atoms with Gasteiger partial charge in [0, 0.05) is 31.7 Å². The van der Waals surface area contributed by atoms with Crippen LogP contribution in [0.3, 0.4) is 0 Å². The third kappa shape index (κ3) is 3.62. The van der Waals surface area contributed by atoms with Crippen molar-refractivity contribution in [3.05, 3.63) is 23.6 Å². The molecule has 1 aliphatic heterocycles. The number of halogens is 1. The van der Waals surface area contributed by atoms with E-state index in [4.69, 9.17) is 5.11 Å². The van der Waals surface area contributed by atoms with Gasteiger partial charge in [0.05, 0.1) is 19.4 Å². The molecule has 5 nitrogen and oxygen atoms in total. The van der Waals surface area contributed by atoms with Crippen molar-refractivity contribution < 1.29 is 14.6 Å². The van der Waals surface area contributed by atoms with Gasteiger partial charge in [-0.15, -0.1) is 0 Å². The number of aliphatic hydroxyl groups excluding tert-OH is 2. The maximum atomic E-state index is 13.1. The Morgan fingerprint density at radius 1 is 1.21 bits per heavy atom. The number of aliphatic hydroxyl groups is 2. The molecule has 0 amide bonds. The van der Waals surface area contributed by atoms with Gasteiger partial charge < -0.3 is 15.1 Å². The predicted octanol–water partition coefficient (Wildman–Crippen LogP) is 0.217. The zero-order chi connectivity index (χ0) is 13.7. The van der Waals surface area contributed by atoms with Crippen LogP contribution in [-0.4, -0.2) is 59.4 Å². The second-order valence-electron chi connectivity index (χ2n) is 4.70. The van der Waals surface area contributed by atoms with E-state index in [-0.39, 0.29) is 13.2 Å². The van der Waals surface area contributed by atoms with Crippen molar-refractivity contribution in [2.75, 3.05) is 44.2 Å². The van der Waals surface area contributed by atoms with Crippen LogP contribution in [0, 0.1) is 5.82 Å². The number of anilines is 1. The summed E-state index contributed by atoms with van der Waals surface area (Å²) in [6, 6.07) is 1.33. The van der Waals surface area contributed by atoms with Gasteiger partial charge in [-0.25, -0.2) is 9.37 Å². The summed E-state index contributed by atoms with van der Waals surface area (Å²) < 4.78 is 13.1. The highest BCUT2D eigenvalue weighted by molar-refractivity contribution is 5.46. The second kappa shape index (κ2) is 6.79. The number of aromatic nitrogens is 1. The highest BCUT2D eigenvalue weighted by atomic mass is 19.1. The molecule has 2 rings (SSSR count). The van der Waals surface area contributed by atoms with Crippen LogP contribution in [0.4, 0.5) is 10.2 Å². The van der Waals surface area contributed by atoms with Crippen LogP contribution < -0.4 is 4.90 Å². The zero-order valence-corrected chi connectivity index (χ0v) is 10.9. The van der Waals surface area contributed by atoms with E-state index in [1.807, 2.05) is 0 Å². The van der Waals surface area contributed by atoms with E-state index in [0.29, 0.717) is 17.9 Å². The van der Waals surface area contributed by atoms with Crippen LogP contribution >= 0.6 is 0 Å². The molecule has 19 heavy (non-hydrogen) atoms.